The van der Waals surface area contributed by atoms with E-state index >= 15 is 0 Å². The number of benzene rings is 1. The number of piperidine rings is 1. The van der Waals surface area contributed by atoms with Gasteiger partial charge in [0, 0.05) is 23.5 Å². The number of carboxylic acids is 1. The van der Waals surface area contributed by atoms with Crippen molar-refractivity contribution in [1.29, 1.82) is 0 Å². The molecular formula is C18H21KN2O4S. The predicted octanol–water partition coefficient (Wildman–Crippen LogP) is -2.52. The molecule has 6 nitrogen and oxygen atoms in total. The first-order valence-corrected chi connectivity index (χ1v) is 9.19. The van der Waals surface area contributed by atoms with Crippen LogP contribution in [0, 0.1) is 0 Å². The molecule has 2 aliphatic heterocycles. The van der Waals surface area contributed by atoms with Crippen molar-refractivity contribution in [3.63, 3.8) is 0 Å². The Hall–Kier alpha value is -0.224. The third-order valence-corrected chi connectivity index (χ3v) is 6.21. The first-order valence-electron chi connectivity index (χ1n) is 8.31. The summed E-state index contributed by atoms with van der Waals surface area (Å²) in [5, 5.41) is 13.9. The molecule has 0 spiro atoms. The van der Waals surface area contributed by atoms with E-state index in [4.69, 9.17) is 0 Å². The summed E-state index contributed by atoms with van der Waals surface area (Å²) in [6.45, 7) is 3.81. The molecule has 2 heterocycles. The summed E-state index contributed by atoms with van der Waals surface area (Å²) in [6, 6.07) is 8.76. The van der Waals surface area contributed by atoms with E-state index in [-0.39, 0.29) is 81.0 Å². The number of hydrogen-bond donors (Lipinski definition) is 1. The van der Waals surface area contributed by atoms with Crippen LogP contribution in [0.5, 0.6) is 0 Å². The fourth-order valence-electron chi connectivity index (χ4n) is 3.48. The number of amides is 2. The van der Waals surface area contributed by atoms with E-state index in [2.05, 4.69) is 5.32 Å². The van der Waals surface area contributed by atoms with Gasteiger partial charge in [0.05, 0.1) is 23.9 Å². The number of aliphatic carboxylic acids is 1. The largest absolute Gasteiger partial charge is 1.00 e. The van der Waals surface area contributed by atoms with Gasteiger partial charge >= 0.3 is 51.4 Å². The van der Waals surface area contributed by atoms with Crippen molar-refractivity contribution in [2.75, 3.05) is 6.54 Å². The van der Waals surface area contributed by atoms with Gasteiger partial charge in [0.25, 0.3) is 0 Å². The predicted molar refractivity (Wildman–Crippen MR) is 92.5 cm³/mol. The van der Waals surface area contributed by atoms with E-state index in [0.717, 1.165) is 5.56 Å². The Morgan fingerprint density at radius 3 is 2.31 bits per heavy atom. The van der Waals surface area contributed by atoms with Crippen molar-refractivity contribution in [3.05, 3.63) is 35.9 Å². The van der Waals surface area contributed by atoms with Crippen LogP contribution in [-0.4, -0.2) is 45.4 Å². The number of hydrogen-bond acceptors (Lipinski definition) is 6. The Balaban J connectivity index is 0.00000243. The standard InChI is InChI=1S/C18H22N2O4S.K/c1-18(2)16(17(23)24)19-13(25-18)10-20-14(21)8-12(9-15(20)22)11-6-4-3-5-7-11;/h3-7,12-13,16,19H,8-10H2,1-2H3,(H,23,24);/q;+1/p-1/t13?,16-;/m0./s1. The summed E-state index contributed by atoms with van der Waals surface area (Å²) in [5.74, 6) is -1.67. The van der Waals surface area contributed by atoms with Crippen LogP contribution in [0.25, 0.3) is 0 Å². The van der Waals surface area contributed by atoms with Crippen LogP contribution < -0.4 is 61.8 Å². The molecule has 2 amide bonds. The van der Waals surface area contributed by atoms with Gasteiger partial charge in [-0.15, -0.1) is 11.8 Å². The van der Waals surface area contributed by atoms with Crippen LogP contribution in [0.15, 0.2) is 30.3 Å². The second-order valence-corrected chi connectivity index (χ2v) is 8.90. The third kappa shape index (κ3) is 4.78. The number of carbonyl (C=O) groups excluding carboxylic acids is 3. The minimum absolute atomic E-state index is 0. The number of nitrogens with zero attached hydrogens (tertiary/aromatic N) is 1. The van der Waals surface area contributed by atoms with Gasteiger partial charge < -0.3 is 9.90 Å². The molecule has 134 valence electrons. The molecule has 0 saturated carbocycles. The van der Waals surface area contributed by atoms with Crippen LogP contribution in [0.3, 0.4) is 0 Å². The zero-order chi connectivity index (χ0) is 18.2. The molecule has 2 aliphatic rings. The summed E-state index contributed by atoms with van der Waals surface area (Å²) in [7, 11) is 0. The van der Waals surface area contributed by atoms with Gasteiger partial charge in [-0.2, -0.15) is 0 Å². The quantitative estimate of drug-likeness (QED) is 0.443. The number of carboxylic acid groups (broad SMARTS) is 1. The fraction of sp³-hybridized carbons (Fsp3) is 0.500. The number of likely N-dealkylation sites (tertiary alicyclic amines) is 1. The zero-order valence-corrected chi connectivity index (χ0v) is 19.2. The summed E-state index contributed by atoms with van der Waals surface area (Å²) in [6.07, 6.45) is 0.584. The van der Waals surface area contributed by atoms with E-state index < -0.39 is 16.8 Å². The van der Waals surface area contributed by atoms with Crippen LogP contribution in [-0.2, 0) is 14.4 Å². The Bertz CT molecular complexity index is 680. The maximum absolute atomic E-state index is 12.5. The maximum atomic E-state index is 12.5. The van der Waals surface area contributed by atoms with Gasteiger partial charge in [0.2, 0.25) is 11.8 Å². The molecule has 2 atom stereocenters. The topological polar surface area (TPSA) is 89.5 Å². The summed E-state index contributed by atoms with van der Waals surface area (Å²) in [4.78, 5) is 37.5. The first-order chi connectivity index (χ1) is 11.8. The Morgan fingerprint density at radius 2 is 1.81 bits per heavy atom. The van der Waals surface area contributed by atoms with Crippen LogP contribution in [0.1, 0.15) is 38.2 Å². The van der Waals surface area contributed by atoms with Crippen LogP contribution >= 0.6 is 11.8 Å². The van der Waals surface area contributed by atoms with Gasteiger partial charge in [-0.3, -0.25) is 19.8 Å². The summed E-state index contributed by atoms with van der Waals surface area (Å²) >= 11 is 1.42. The molecule has 1 aromatic carbocycles. The van der Waals surface area contributed by atoms with E-state index in [9.17, 15) is 19.5 Å². The van der Waals surface area contributed by atoms with Crippen molar-refractivity contribution in [3.8, 4) is 0 Å². The smallest absolute Gasteiger partial charge is 0.548 e. The van der Waals surface area contributed by atoms with Crippen molar-refractivity contribution < 1.29 is 70.9 Å². The molecule has 8 heteroatoms. The molecule has 1 aromatic rings. The molecule has 0 radical (unpaired) electrons. The van der Waals surface area contributed by atoms with Crippen LogP contribution in [0.4, 0.5) is 0 Å². The molecular weight excluding hydrogens is 379 g/mol. The van der Waals surface area contributed by atoms with Crippen molar-refractivity contribution in [2.24, 2.45) is 0 Å². The molecule has 0 bridgehead atoms. The minimum Gasteiger partial charge on any atom is -0.548 e. The Kier molecular flexibility index (Phi) is 7.51. The number of nitrogens with one attached hydrogen (secondary N) is 1. The minimum atomic E-state index is -1.17. The first kappa shape index (κ1) is 22.1. The van der Waals surface area contributed by atoms with Gasteiger partial charge in [0.1, 0.15) is 0 Å². The van der Waals surface area contributed by atoms with E-state index in [0.29, 0.717) is 12.8 Å². The van der Waals surface area contributed by atoms with E-state index in [1.807, 2.05) is 44.2 Å². The number of rotatable bonds is 4. The monoisotopic (exact) mass is 400 g/mol. The fourth-order valence-corrected chi connectivity index (χ4v) is 4.94. The molecule has 1 N–H and O–H groups in total. The van der Waals surface area contributed by atoms with Gasteiger partial charge in [-0.1, -0.05) is 30.3 Å². The number of carbonyl (C=O) groups is 3. The second-order valence-electron chi connectivity index (χ2n) is 7.04. The van der Waals surface area contributed by atoms with Gasteiger partial charge in [0.15, 0.2) is 0 Å². The van der Waals surface area contributed by atoms with Crippen molar-refractivity contribution in [2.45, 2.75) is 48.8 Å². The average molecular weight is 401 g/mol. The Labute approximate surface area is 199 Å². The zero-order valence-electron chi connectivity index (χ0n) is 15.2. The molecule has 0 aliphatic carbocycles. The second kappa shape index (κ2) is 8.85. The molecule has 0 aromatic heterocycles. The molecule has 26 heavy (non-hydrogen) atoms. The molecule has 2 saturated heterocycles. The summed E-state index contributed by atoms with van der Waals surface area (Å²) in [5.41, 5.74) is 0.996. The molecule has 2 fully saturated rings. The molecule has 3 rings (SSSR count). The van der Waals surface area contributed by atoms with Crippen molar-refractivity contribution in [1.82, 2.24) is 10.2 Å². The number of thioether (sulfide) groups is 1. The van der Waals surface area contributed by atoms with Crippen molar-refractivity contribution >= 4 is 29.5 Å². The molecule has 1 unspecified atom stereocenters. The van der Waals surface area contributed by atoms with Crippen LogP contribution in [0.2, 0.25) is 0 Å². The average Bonchev–Trinajstić information content (AvgIpc) is 2.86. The third-order valence-electron chi connectivity index (χ3n) is 4.79. The normalized spacial score (nSPS) is 25.8. The Morgan fingerprint density at radius 1 is 1.23 bits per heavy atom. The van der Waals surface area contributed by atoms with Gasteiger partial charge in [-0.25, -0.2) is 0 Å². The SMILES string of the molecule is CC1(C)SC(CN2C(=O)CC(c3ccccc3)CC2=O)N[C@H]1C(=O)[O-].[K+]. The maximum Gasteiger partial charge on any atom is 1.00 e. The van der Waals surface area contributed by atoms with E-state index in [1.165, 1.54) is 16.7 Å². The number of imide groups is 1. The van der Waals surface area contributed by atoms with Gasteiger partial charge in [-0.05, 0) is 19.4 Å². The van der Waals surface area contributed by atoms with E-state index in [1.54, 1.807) is 0 Å². The summed E-state index contributed by atoms with van der Waals surface area (Å²) < 4.78 is -0.558.